The second-order valence-corrected chi connectivity index (χ2v) is 4.37. The quantitative estimate of drug-likeness (QED) is 0.755. The fourth-order valence-corrected chi connectivity index (χ4v) is 2.39. The van der Waals surface area contributed by atoms with Gasteiger partial charge < -0.3 is 4.74 Å². The van der Waals surface area contributed by atoms with Crippen LogP contribution in [0.4, 0.5) is 0 Å². The largest absolute Gasteiger partial charge is 0.495 e. The molecule has 2 rings (SSSR count). The zero-order valence-corrected chi connectivity index (χ0v) is 10.0. The number of carbonyl (C=O) groups is 1. The van der Waals surface area contributed by atoms with E-state index in [0.717, 1.165) is 21.8 Å². The Morgan fingerprint density at radius 3 is 2.44 bits per heavy atom. The van der Waals surface area contributed by atoms with E-state index in [1.807, 2.05) is 35.7 Å². The van der Waals surface area contributed by atoms with Gasteiger partial charge in [-0.1, -0.05) is 24.3 Å². The number of methoxy groups -OCH3 is 1. The van der Waals surface area contributed by atoms with E-state index in [9.17, 15) is 4.79 Å². The zero-order chi connectivity index (χ0) is 11.5. The summed E-state index contributed by atoms with van der Waals surface area (Å²) in [7, 11) is 1.66. The molecular weight excluding hydrogens is 220 g/mol. The molecule has 0 aliphatic rings. The van der Waals surface area contributed by atoms with Gasteiger partial charge in [0.05, 0.1) is 12.0 Å². The van der Waals surface area contributed by atoms with E-state index in [-0.39, 0.29) is 5.78 Å². The van der Waals surface area contributed by atoms with Gasteiger partial charge in [-0.05, 0) is 23.9 Å². The van der Waals surface area contributed by atoms with Crippen LogP contribution in [-0.2, 0) is 0 Å². The van der Waals surface area contributed by atoms with Crippen molar-refractivity contribution >= 4 is 17.1 Å². The molecule has 0 saturated carbocycles. The molecule has 1 aromatic heterocycles. The Morgan fingerprint density at radius 2 is 1.88 bits per heavy atom. The van der Waals surface area contributed by atoms with Crippen LogP contribution in [0.25, 0.3) is 10.4 Å². The Hall–Kier alpha value is -1.61. The van der Waals surface area contributed by atoms with Crippen LogP contribution in [0.1, 0.15) is 17.3 Å². The summed E-state index contributed by atoms with van der Waals surface area (Å²) in [6.07, 6.45) is 0. The molecule has 0 bridgehead atoms. The highest BCUT2D eigenvalue weighted by atomic mass is 32.1. The summed E-state index contributed by atoms with van der Waals surface area (Å²) < 4.78 is 5.26. The number of hydrogen-bond acceptors (Lipinski definition) is 3. The third-order valence-corrected chi connectivity index (χ3v) is 3.35. The van der Waals surface area contributed by atoms with E-state index in [1.54, 1.807) is 25.4 Å². The number of carbonyl (C=O) groups excluding carboxylic acids is 1. The van der Waals surface area contributed by atoms with Gasteiger partial charge in [0, 0.05) is 5.56 Å². The molecule has 0 saturated heterocycles. The van der Waals surface area contributed by atoms with Gasteiger partial charge >= 0.3 is 0 Å². The van der Waals surface area contributed by atoms with Gasteiger partial charge in [-0.3, -0.25) is 4.79 Å². The lowest BCUT2D eigenvalue weighted by atomic mass is 10.1. The molecule has 0 N–H and O–H groups in total. The number of hydrogen-bond donors (Lipinski definition) is 0. The first-order valence-electron chi connectivity index (χ1n) is 4.95. The molecule has 16 heavy (non-hydrogen) atoms. The molecule has 82 valence electrons. The van der Waals surface area contributed by atoms with Crippen LogP contribution < -0.4 is 4.74 Å². The van der Waals surface area contributed by atoms with Gasteiger partial charge in [0.25, 0.3) is 0 Å². The predicted octanol–water partition coefficient (Wildman–Crippen LogP) is 3.63. The highest BCUT2D eigenvalue weighted by Crippen LogP contribution is 2.35. The van der Waals surface area contributed by atoms with Gasteiger partial charge in [-0.2, -0.15) is 0 Å². The Bertz CT molecular complexity index is 497. The summed E-state index contributed by atoms with van der Waals surface area (Å²) in [6, 6.07) is 9.53. The first kappa shape index (κ1) is 10.9. The van der Waals surface area contributed by atoms with Crippen molar-refractivity contribution < 1.29 is 9.53 Å². The fraction of sp³-hybridized carbons (Fsp3) is 0.154. The number of ether oxygens (including phenoxy) is 1. The van der Waals surface area contributed by atoms with Gasteiger partial charge in [-0.15, -0.1) is 11.3 Å². The van der Waals surface area contributed by atoms with Crippen molar-refractivity contribution in [1.82, 2.24) is 0 Å². The van der Waals surface area contributed by atoms with Crippen molar-refractivity contribution in [1.29, 1.82) is 0 Å². The number of benzene rings is 1. The summed E-state index contributed by atoms with van der Waals surface area (Å²) in [5.41, 5.74) is 1.82. The summed E-state index contributed by atoms with van der Waals surface area (Å²) in [5, 5.41) is 1.99. The van der Waals surface area contributed by atoms with Crippen molar-refractivity contribution in [3.63, 3.8) is 0 Å². The second-order valence-electron chi connectivity index (χ2n) is 3.45. The maximum absolute atomic E-state index is 11.1. The molecule has 2 aromatic rings. The molecule has 1 heterocycles. The Balaban J connectivity index is 2.38. The molecule has 0 spiro atoms. The SMILES string of the molecule is COc1ccsc1-c1ccc(C(C)=O)cc1. The van der Waals surface area contributed by atoms with E-state index in [4.69, 9.17) is 4.74 Å². The van der Waals surface area contributed by atoms with Crippen molar-refractivity contribution in [2.75, 3.05) is 7.11 Å². The lowest BCUT2D eigenvalue weighted by Crippen LogP contribution is -1.90. The minimum atomic E-state index is 0.0877. The van der Waals surface area contributed by atoms with Gasteiger partial charge in [0.2, 0.25) is 0 Å². The maximum atomic E-state index is 11.1. The number of ketones is 1. The Labute approximate surface area is 98.5 Å². The molecule has 0 aliphatic carbocycles. The van der Waals surface area contributed by atoms with Gasteiger partial charge in [-0.25, -0.2) is 0 Å². The molecule has 2 nitrogen and oxygen atoms in total. The third-order valence-electron chi connectivity index (χ3n) is 2.40. The van der Waals surface area contributed by atoms with E-state index in [2.05, 4.69) is 0 Å². The summed E-state index contributed by atoms with van der Waals surface area (Å²) in [4.78, 5) is 12.2. The minimum Gasteiger partial charge on any atom is -0.495 e. The number of rotatable bonds is 3. The summed E-state index contributed by atoms with van der Waals surface area (Å²) in [5.74, 6) is 0.963. The predicted molar refractivity (Wildman–Crippen MR) is 66.3 cm³/mol. The van der Waals surface area contributed by atoms with E-state index in [1.165, 1.54) is 0 Å². The van der Waals surface area contributed by atoms with Crippen LogP contribution in [0.2, 0.25) is 0 Å². The van der Waals surface area contributed by atoms with Crippen LogP contribution in [-0.4, -0.2) is 12.9 Å². The van der Waals surface area contributed by atoms with Crippen LogP contribution >= 0.6 is 11.3 Å². The Morgan fingerprint density at radius 1 is 1.19 bits per heavy atom. The molecular formula is C13H12O2S. The molecule has 0 aliphatic heterocycles. The van der Waals surface area contributed by atoms with Crippen molar-refractivity contribution in [2.45, 2.75) is 6.92 Å². The lowest BCUT2D eigenvalue weighted by molar-refractivity contribution is 0.101. The molecule has 1 aromatic carbocycles. The standard InChI is InChI=1S/C13H12O2S/c1-9(14)10-3-5-11(6-4-10)13-12(15-2)7-8-16-13/h3-8H,1-2H3. The van der Waals surface area contributed by atoms with Gasteiger partial charge in [0.1, 0.15) is 5.75 Å². The van der Waals surface area contributed by atoms with Crippen LogP contribution in [0.3, 0.4) is 0 Å². The molecule has 0 atom stereocenters. The number of thiophene rings is 1. The maximum Gasteiger partial charge on any atom is 0.159 e. The summed E-state index contributed by atoms with van der Waals surface area (Å²) >= 11 is 1.63. The second kappa shape index (κ2) is 4.49. The van der Waals surface area contributed by atoms with E-state index in [0.29, 0.717) is 0 Å². The van der Waals surface area contributed by atoms with E-state index >= 15 is 0 Å². The lowest BCUT2D eigenvalue weighted by Gasteiger charge is -2.03. The van der Waals surface area contributed by atoms with E-state index < -0.39 is 0 Å². The van der Waals surface area contributed by atoms with Gasteiger partial charge in [0.15, 0.2) is 5.78 Å². The highest BCUT2D eigenvalue weighted by molar-refractivity contribution is 7.14. The number of Topliss-reactive ketones (excluding diaryl/α,β-unsaturated/α-hetero) is 1. The average Bonchev–Trinajstić information content (AvgIpc) is 2.77. The highest BCUT2D eigenvalue weighted by Gasteiger charge is 2.07. The van der Waals surface area contributed by atoms with Crippen LogP contribution in [0.15, 0.2) is 35.7 Å². The fourth-order valence-electron chi connectivity index (χ4n) is 1.52. The summed E-state index contributed by atoms with van der Waals surface area (Å²) in [6.45, 7) is 1.57. The topological polar surface area (TPSA) is 26.3 Å². The zero-order valence-electron chi connectivity index (χ0n) is 9.19. The van der Waals surface area contributed by atoms with Crippen molar-refractivity contribution in [2.24, 2.45) is 0 Å². The first-order chi connectivity index (χ1) is 7.72. The molecule has 0 unspecified atom stereocenters. The minimum absolute atomic E-state index is 0.0877. The monoisotopic (exact) mass is 232 g/mol. The van der Waals surface area contributed by atoms with Crippen molar-refractivity contribution in [3.8, 4) is 16.2 Å². The van der Waals surface area contributed by atoms with Crippen molar-refractivity contribution in [3.05, 3.63) is 41.3 Å². The average molecular weight is 232 g/mol. The first-order valence-corrected chi connectivity index (χ1v) is 5.83. The smallest absolute Gasteiger partial charge is 0.159 e. The molecule has 3 heteroatoms. The molecule has 0 fully saturated rings. The Kier molecular flexibility index (Phi) is 3.06. The molecule has 0 radical (unpaired) electrons. The van der Waals surface area contributed by atoms with Crippen LogP contribution in [0, 0.1) is 0 Å². The molecule has 0 amide bonds. The van der Waals surface area contributed by atoms with Crippen LogP contribution in [0.5, 0.6) is 5.75 Å². The third kappa shape index (κ3) is 1.99. The normalized spacial score (nSPS) is 10.1.